The van der Waals surface area contributed by atoms with Gasteiger partial charge in [-0.1, -0.05) is 35.5 Å². The molecule has 0 atom stereocenters. The first-order valence-electron chi connectivity index (χ1n) is 5.19. The van der Waals surface area contributed by atoms with Crippen LogP contribution in [-0.4, -0.2) is 20.8 Å². The number of rotatable bonds is 4. The predicted molar refractivity (Wildman–Crippen MR) is 60.1 cm³/mol. The zero-order chi connectivity index (χ0) is 11.4. The zero-order valence-electron chi connectivity index (χ0n) is 9.13. The summed E-state index contributed by atoms with van der Waals surface area (Å²) in [4.78, 5) is 11.8. The number of hydrogen-bond acceptors (Lipinski definition) is 3. The summed E-state index contributed by atoms with van der Waals surface area (Å²) in [5, 5.41) is 7.76. The highest BCUT2D eigenvalue weighted by Crippen LogP contribution is 2.06. The van der Waals surface area contributed by atoms with Crippen LogP contribution in [0.25, 0.3) is 0 Å². The molecule has 82 valence electrons. The molecule has 0 fully saturated rings. The molecule has 1 aromatic carbocycles. The molecule has 0 radical (unpaired) electrons. The Labute approximate surface area is 93.9 Å². The van der Waals surface area contributed by atoms with Crippen molar-refractivity contribution < 1.29 is 4.79 Å². The van der Waals surface area contributed by atoms with Gasteiger partial charge in [0.2, 0.25) is 0 Å². The van der Waals surface area contributed by atoms with Crippen LogP contribution in [-0.2, 0) is 13.5 Å². The molecular weight excluding hydrogens is 202 g/mol. The van der Waals surface area contributed by atoms with E-state index in [-0.39, 0.29) is 5.78 Å². The minimum atomic E-state index is 0.145. The van der Waals surface area contributed by atoms with E-state index in [0.717, 1.165) is 11.3 Å². The third-order valence-corrected chi connectivity index (χ3v) is 2.35. The van der Waals surface area contributed by atoms with Crippen molar-refractivity contribution in [2.45, 2.75) is 12.8 Å². The lowest BCUT2D eigenvalue weighted by Crippen LogP contribution is -2.01. The second kappa shape index (κ2) is 4.70. The van der Waals surface area contributed by atoms with E-state index >= 15 is 0 Å². The first-order chi connectivity index (χ1) is 7.75. The van der Waals surface area contributed by atoms with E-state index in [2.05, 4.69) is 10.3 Å². The lowest BCUT2D eigenvalue weighted by atomic mass is 10.1. The Balaban J connectivity index is 1.94. The maximum Gasteiger partial charge on any atom is 0.163 e. The van der Waals surface area contributed by atoms with Crippen LogP contribution in [0.2, 0.25) is 0 Å². The molecule has 0 amide bonds. The molecule has 0 spiro atoms. The van der Waals surface area contributed by atoms with Gasteiger partial charge in [0, 0.05) is 31.6 Å². The first-order valence-corrected chi connectivity index (χ1v) is 5.19. The fourth-order valence-electron chi connectivity index (χ4n) is 1.52. The number of Topliss-reactive ketones (excluding diaryl/α,β-unsaturated/α-hetero) is 1. The Morgan fingerprint density at radius 2 is 2.06 bits per heavy atom. The van der Waals surface area contributed by atoms with Gasteiger partial charge in [-0.25, -0.2) is 0 Å². The summed E-state index contributed by atoms with van der Waals surface area (Å²) in [5.41, 5.74) is 1.61. The molecule has 2 rings (SSSR count). The van der Waals surface area contributed by atoms with Crippen LogP contribution in [0.4, 0.5) is 0 Å². The number of benzene rings is 1. The van der Waals surface area contributed by atoms with Crippen molar-refractivity contribution in [3.63, 3.8) is 0 Å². The monoisotopic (exact) mass is 215 g/mol. The molecular formula is C12H13N3O. The Morgan fingerprint density at radius 1 is 1.31 bits per heavy atom. The lowest BCUT2D eigenvalue weighted by Gasteiger charge is -1.98. The standard InChI is InChI=1S/C12H13N3O/c1-15-9-11(13-14-15)7-8-12(16)10-5-3-2-4-6-10/h2-6,9H,7-8H2,1H3. The molecule has 0 N–H and O–H groups in total. The molecule has 1 aromatic heterocycles. The first kappa shape index (κ1) is 10.5. The normalized spacial score (nSPS) is 10.3. The van der Waals surface area contributed by atoms with Crippen LogP contribution in [0.1, 0.15) is 22.5 Å². The van der Waals surface area contributed by atoms with Crippen LogP contribution in [0.15, 0.2) is 36.5 Å². The number of aromatic nitrogens is 3. The van der Waals surface area contributed by atoms with Gasteiger partial charge in [0.15, 0.2) is 5.78 Å². The molecule has 0 aliphatic heterocycles. The average Bonchev–Trinajstić information content (AvgIpc) is 2.73. The summed E-state index contributed by atoms with van der Waals surface area (Å²) >= 11 is 0. The van der Waals surface area contributed by atoms with Crippen LogP contribution in [0.3, 0.4) is 0 Å². The molecule has 4 nitrogen and oxygen atoms in total. The zero-order valence-corrected chi connectivity index (χ0v) is 9.13. The number of nitrogens with zero attached hydrogens (tertiary/aromatic N) is 3. The van der Waals surface area contributed by atoms with Crippen LogP contribution >= 0.6 is 0 Å². The predicted octanol–water partition coefficient (Wildman–Crippen LogP) is 1.63. The fourth-order valence-corrected chi connectivity index (χ4v) is 1.52. The van der Waals surface area contributed by atoms with E-state index in [4.69, 9.17) is 0 Å². The van der Waals surface area contributed by atoms with Crippen molar-refractivity contribution in [2.75, 3.05) is 0 Å². The second-order valence-electron chi connectivity index (χ2n) is 3.67. The minimum absolute atomic E-state index is 0.145. The van der Waals surface area contributed by atoms with Crippen molar-refractivity contribution in [3.05, 3.63) is 47.8 Å². The van der Waals surface area contributed by atoms with Gasteiger partial charge in [0.05, 0.1) is 5.69 Å². The third-order valence-electron chi connectivity index (χ3n) is 2.35. The molecule has 0 aliphatic rings. The highest BCUT2D eigenvalue weighted by molar-refractivity contribution is 5.96. The van der Waals surface area contributed by atoms with Crippen molar-refractivity contribution in [3.8, 4) is 0 Å². The van der Waals surface area contributed by atoms with Gasteiger partial charge in [-0.2, -0.15) is 0 Å². The summed E-state index contributed by atoms with van der Waals surface area (Å²) < 4.78 is 1.64. The molecule has 1 heterocycles. The summed E-state index contributed by atoms with van der Waals surface area (Å²) in [6, 6.07) is 9.31. The van der Waals surface area contributed by atoms with Gasteiger partial charge >= 0.3 is 0 Å². The van der Waals surface area contributed by atoms with Crippen LogP contribution in [0.5, 0.6) is 0 Å². The summed E-state index contributed by atoms with van der Waals surface area (Å²) in [5.74, 6) is 0.145. The largest absolute Gasteiger partial charge is 0.294 e. The average molecular weight is 215 g/mol. The van der Waals surface area contributed by atoms with Gasteiger partial charge < -0.3 is 0 Å². The molecule has 0 saturated carbocycles. The number of carbonyl (C=O) groups excluding carboxylic acids is 1. The molecule has 0 saturated heterocycles. The highest BCUT2D eigenvalue weighted by Gasteiger charge is 2.06. The van der Waals surface area contributed by atoms with Crippen LogP contribution in [0, 0.1) is 0 Å². The van der Waals surface area contributed by atoms with Crippen molar-refractivity contribution in [1.29, 1.82) is 0 Å². The molecule has 2 aromatic rings. The smallest absolute Gasteiger partial charge is 0.163 e. The Bertz CT molecular complexity index is 476. The van der Waals surface area contributed by atoms with Gasteiger partial charge in [-0.15, -0.1) is 5.10 Å². The van der Waals surface area contributed by atoms with E-state index < -0.39 is 0 Å². The number of hydrogen-bond donors (Lipinski definition) is 0. The van der Waals surface area contributed by atoms with Crippen molar-refractivity contribution in [1.82, 2.24) is 15.0 Å². The van der Waals surface area contributed by atoms with Gasteiger partial charge in [-0.05, 0) is 0 Å². The maximum absolute atomic E-state index is 11.8. The van der Waals surface area contributed by atoms with Gasteiger partial charge in [0.25, 0.3) is 0 Å². The molecule has 0 bridgehead atoms. The summed E-state index contributed by atoms with van der Waals surface area (Å²) in [6.45, 7) is 0. The van der Waals surface area contributed by atoms with Gasteiger partial charge in [-0.3, -0.25) is 9.48 Å². The topological polar surface area (TPSA) is 47.8 Å². The minimum Gasteiger partial charge on any atom is -0.294 e. The lowest BCUT2D eigenvalue weighted by molar-refractivity contribution is 0.0982. The van der Waals surface area contributed by atoms with E-state index in [1.165, 1.54) is 0 Å². The van der Waals surface area contributed by atoms with Crippen LogP contribution < -0.4 is 0 Å². The summed E-state index contributed by atoms with van der Waals surface area (Å²) in [7, 11) is 1.81. The summed E-state index contributed by atoms with van der Waals surface area (Å²) in [6.07, 6.45) is 2.95. The number of aryl methyl sites for hydroxylation is 2. The van der Waals surface area contributed by atoms with Crippen molar-refractivity contribution in [2.24, 2.45) is 7.05 Å². The van der Waals surface area contributed by atoms with Crippen molar-refractivity contribution >= 4 is 5.78 Å². The van der Waals surface area contributed by atoms with E-state index in [0.29, 0.717) is 12.8 Å². The quantitative estimate of drug-likeness (QED) is 0.728. The Hall–Kier alpha value is -1.97. The maximum atomic E-state index is 11.8. The van der Waals surface area contributed by atoms with E-state index in [9.17, 15) is 4.79 Å². The highest BCUT2D eigenvalue weighted by atomic mass is 16.1. The Morgan fingerprint density at radius 3 is 2.69 bits per heavy atom. The number of ketones is 1. The Kier molecular flexibility index (Phi) is 3.10. The number of carbonyl (C=O) groups is 1. The molecule has 0 unspecified atom stereocenters. The SMILES string of the molecule is Cn1cc(CCC(=O)c2ccccc2)nn1. The molecule has 4 heteroatoms. The molecule has 0 aliphatic carbocycles. The van der Waals surface area contributed by atoms with E-state index in [1.807, 2.05) is 43.6 Å². The fraction of sp³-hybridized carbons (Fsp3) is 0.250. The van der Waals surface area contributed by atoms with E-state index in [1.54, 1.807) is 4.68 Å². The molecule has 16 heavy (non-hydrogen) atoms. The second-order valence-corrected chi connectivity index (χ2v) is 3.67. The van der Waals surface area contributed by atoms with Gasteiger partial charge in [0.1, 0.15) is 0 Å². The third kappa shape index (κ3) is 2.53.